The van der Waals surface area contributed by atoms with Crippen LogP contribution in [0.2, 0.25) is 0 Å². The van der Waals surface area contributed by atoms with Crippen LogP contribution in [0.15, 0.2) is 30.3 Å². The Labute approximate surface area is 325 Å². The molecular weight excluding hydrogens is 686 g/mol. The first kappa shape index (κ1) is 47.0. The average molecular weight is 758 g/mol. The number of nitrogens with zero attached hydrogens (tertiary/aromatic N) is 3. The number of esters is 1. The molecule has 1 aromatic rings. The number of amides is 2. The van der Waals surface area contributed by atoms with Crippen molar-refractivity contribution in [3.8, 4) is 0 Å². The topological polar surface area (TPSA) is 123 Å². The maximum atomic E-state index is 14.3. The number of carbonyl (C=O) groups is 5. The Morgan fingerprint density at radius 3 is 1.96 bits per heavy atom. The van der Waals surface area contributed by atoms with Gasteiger partial charge in [-0.25, -0.2) is 0 Å². The van der Waals surface area contributed by atoms with Crippen molar-refractivity contribution in [1.29, 1.82) is 0 Å². The van der Waals surface area contributed by atoms with Crippen molar-refractivity contribution in [2.75, 3.05) is 49.0 Å². The molecule has 0 aromatic heterocycles. The predicted octanol–water partition coefficient (Wildman–Crippen LogP) is 5.72. The van der Waals surface area contributed by atoms with E-state index >= 15 is 0 Å². The maximum Gasteiger partial charge on any atom is 0.309 e. The van der Waals surface area contributed by atoms with Gasteiger partial charge < -0.3 is 24.0 Å². The van der Waals surface area contributed by atoms with Gasteiger partial charge in [-0.2, -0.15) is 0 Å². The summed E-state index contributed by atoms with van der Waals surface area (Å²) in [6.07, 6.45) is 1.58. The molecule has 0 bridgehead atoms. The molecule has 1 aliphatic heterocycles. The first-order valence-corrected chi connectivity index (χ1v) is 19.9. The Morgan fingerprint density at radius 1 is 0.833 bits per heavy atom. The van der Waals surface area contributed by atoms with E-state index < -0.39 is 42.0 Å². The van der Waals surface area contributed by atoms with Gasteiger partial charge in [0.1, 0.15) is 5.78 Å². The molecule has 306 valence electrons. The number of likely N-dealkylation sites (tertiary alicyclic amines) is 1. The highest BCUT2D eigenvalue weighted by molar-refractivity contribution is 5.90. The lowest BCUT2D eigenvalue weighted by Gasteiger charge is -2.41. The molecule has 1 aliphatic rings. The number of hydrogen-bond donors (Lipinski definition) is 0. The van der Waals surface area contributed by atoms with E-state index in [4.69, 9.17) is 14.2 Å². The number of likely N-dealkylation sites (N-methyl/N-ethyl adjacent to an activating group) is 2. The number of hydrogen-bond acceptors (Lipinski definition) is 9. The fourth-order valence-corrected chi connectivity index (χ4v) is 8.54. The van der Waals surface area contributed by atoms with Crippen LogP contribution in [0.3, 0.4) is 0 Å². The van der Waals surface area contributed by atoms with Crippen LogP contribution in [0.1, 0.15) is 92.6 Å². The van der Waals surface area contributed by atoms with Gasteiger partial charge in [-0.15, -0.1) is 0 Å². The number of ether oxygens (including phenoxy) is 3. The predicted molar refractivity (Wildman–Crippen MR) is 212 cm³/mol. The molecule has 0 unspecified atom stereocenters. The smallest absolute Gasteiger partial charge is 0.309 e. The number of carbonyl (C=O) groups excluding carboxylic acids is 5. The molecule has 1 aromatic carbocycles. The molecule has 0 saturated carbocycles. The van der Waals surface area contributed by atoms with E-state index in [1.54, 1.807) is 26.2 Å². The molecule has 2 rings (SSSR count). The number of benzene rings is 1. The van der Waals surface area contributed by atoms with Crippen molar-refractivity contribution >= 4 is 29.4 Å². The van der Waals surface area contributed by atoms with Gasteiger partial charge in [0, 0.05) is 52.5 Å². The maximum absolute atomic E-state index is 14.3. The van der Waals surface area contributed by atoms with E-state index in [0.717, 1.165) is 18.4 Å². The summed E-state index contributed by atoms with van der Waals surface area (Å²) in [7, 11) is 10.0. The van der Waals surface area contributed by atoms with Gasteiger partial charge in [-0.1, -0.05) is 85.2 Å². The monoisotopic (exact) mass is 758 g/mol. The van der Waals surface area contributed by atoms with Crippen LogP contribution in [-0.2, 0) is 44.6 Å². The number of ketones is 2. The van der Waals surface area contributed by atoms with Crippen molar-refractivity contribution in [1.82, 2.24) is 14.7 Å². The van der Waals surface area contributed by atoms with Gasteiger partial charge in [0.15, 0.2) is 5.78 Å². The highest BCUT2D eigenvalue weighted by atomic mass is 16.5. The Kier molecular flexibility index (Phi) is 19.5. The molecule has 2 amide bonds. The second kappa shape index (κ2) is 22.4. The second-order valence-electron chi connectivity index (χ2n) is 16.3. The lowest BCUT2D eigenvalue weighted by atomic mass is 9.83. The van der Waals surface area contributed by atoms with Crippen LogP contribution in [0.4, 0.5) is 0 Å². The minimum atomic E-state index is -0.635. The minimum absolute atomic E-state index is 0.00218. The lowest BCUT2D eigenvalue weighted by Crippen LogP contribution is -2.54. The molecule has 11 nitrogen and oxygen atoms in total. The summed E-state index contributed by atoms with van der Waals surface area (Å²) in [5, 5.41) is 0. The Bertz CT molecular complexity index is 1340. The average Bonchev–Trinajstić information content (AvgIpc) is 3.62. The third kappa shape index (κ3) is 12.4. The SMILES string of the molecule is CC[C@H](C)[C@@H]([C@@H](CC(=O)N1CCC[C@H]1[C@H](OC)[C@@H](C)C(=O)C[C@@H](Cc1ccccc1)C(=O)OC)OC)N(C)C(=O)[C@@H](CC(=O)[C@H](C(C)C)N(C)C)C(C)C. The normalized spacial score (nSPS) is 19.2. The van der Waals surface area contributed by atoms with E-state index in [0.29, 0.717) is 19.4 Å². The summed E-state index contributed by atoms with van der Waals surface area (Å²) in [6, 6.07) is 8.51. The van der Waals surface area contributed by atoms with E-state index in [1.807, 2.05) is 88.8 Å². The number of methoxy groups -OCH3 is 3. The van der Waals surface area contributed by atoms with Gasteiger partial charge in [0.2, 0.25) is 11.8 Å². The summed E-state index contributed by atoms with van der Waals surface area (Å²) in [4.78, 5) is 74.0. The Hall–Kier alpha value is -3.15. The molecule has 0 aliphatic carbocycles. The van der Waals surface area contributed by atoms with E-state index in [2.05, 4.69) is 13.8 Å². The van der Waals surface area contributed by atoms with Crippen molar-refractivity contribution in [3.05, 3.63) is 35.9 Å². The third-order valence-electron chi connectivity index (χ3n) is 11.7. The number of rotatable bonds is 23. The van der Waals surface area contributed by atoms with Crippen LogP contribution >= 0.6 is 0 Å². The van der Waals surface area contributed by atoms with Gasteiger partial charge >= 0.3 is 5.97 Å². The molecule has 0 spiro atoms. The van der Waals surface area contributed by atoms with Crippen molar-refractivity contribution < 1.29 is 38.2 Å². The summed E-state index contributed by atoms with van der Waals surface area (Å²) in [5.74, 6) is -2.45. The van der Waals surface area contributed by atoms with Crippen molar-refractivity contribution in [2.45, 2.75) is 124 Å². The van der Waals surface area contributed by atoms with Crippen LogP contribution in [0.25, 0.3) is 0 Å². The van der Waals surface area contributed by atoms with E-state index in [1.165, 1.54) is 7.11 Å². The lowest BCUT2D eigenvalue weighted by molar-refractivity contribution is -0.150. The largest absolute Gasteiger partial charge is 0.469 e. The molecule has 9 atom stereocenters. The fraction of sp³-hybridized carbons (Fsp3) is 0.744. The molecular formula is C43H71N3O8. The summed E-state index contributed by atoms with van der Waals surface area (Å²) >= 11 is 0. The first-order chi connectivity index (χ1) is 25.4. The highest BCUT2D eigenvalue weighted by Gasteiger charge is 2.43. The minimum Gasteiger partial charge on any atom is -0.469 e. The van der Waals surface area contributed by atoms with Gasteiger partial charge in [-0.3, -0.25) is 28.9 Å². The van der Waals surface area contributed by atoms with Crippen LogP contribution < -0.4 is 0 Å². The van der Waals surface area contributed by atoms with E-state index in [9.17, 15) is 24.0 Å². The quantitative estimate of drug-likeness (QED) is 0.129. The fourth-order valence-electron chi connectivity index (χ4n) is 8.54. The second-order valence-corrected chi connectivity index (χ2v) is 16.3. The van der Waals surface area contributed by atoms with Gasteiger partial charge in [0.25, 0.3) is 0 Å². The van der Waals surface area contributed by atoms with Crippen molar-refractivity contribution in [2.24, 2.45) is 35.5 Å². The molecule has 11 heteroatoms. The summed E-state index contributed by atoms with van der Waals surface area (Å²) in [5.41, 5.74) is 0.942. The zero-order chi connectivity index (χ0) is 40.9. The van der Waals surface area contributed by atoms with Gasteiger partial charge in [-0.05, 0) is 56.7 Å². The first-order valence-electron chi connectivity index (χ1n) is 19.9. The third-order valence-corrected chi connectivity index (χ3v) is 11.7. The molecule has 54 heavy (non-hydrogen) atoms. The van der Waals surface area contributed by atoms with Crippen LogP contribution in [-0.4, -0.2) is 123 Å². The molecule has 1 heterocycles. The zero-order valence-electron chi connectivity index (χ0n) is 35.5. The molecule has 0 radical (unpaired) electrons. The molecule has 1 saturated heterocycles. The standard InChI is InChI=1S/C43H71N3O8/c1-14-29(6)40(45(10)42(50)33(27(2)3)25-36(48)39(28(4)5)44(8)9)37(52-11)26-38(49)46-22-18-21-34(46)41(53-12)30(7)35(47)24-32(43(51)54-13)23-31-19-16-15-17-20-31/h15-17,19-20,27-30,32-34,37,39-41H,14,18,21-26H2,1-13H3/t29-,30-,32+,33-,34-,37+,39-,40-,41+/m0/s1. The number of Topliss-reactive ketones (excluding diaryl/α,β-unsaturated/α-hetero) is 2. The molecule has 1 fully saturated rings. The Morgan fingerprint density at radius 2 is 1.46 bits per heavy atom. The highest BCUT2D eigenvalue weighted by Crippen LogP contribution is 2.32. The Balaban J connectivity index is 2.29. The summed E-state index contributed by atoms with van der Waals surface area (Å²) < 4.78 is 17.1. The zero-order valence-corrected chi connectivity index (χ0v) is 35.5. The van der Waals surface area contributed by atoms with Crippen LogP contribution in [0.5, 0.6) is 0 Å². The summed E-state index contributed by atoms with van der Waals surface area (Å²) in [6.45, 7) is 14.4. The van der Waals surface area contributed by atoms with E-state index in [-0.39, 0.29) is 72.5 Å². The van der Waals surface area contributed by atoms with Gasteiger partial charge in [0.05, 0.1) is 49.8 Å². The van der Waals surface area contributed by atoms with Crippen LogP contribution in [0, 0.1) is 35.5 Å². The van der Waals surface area contributed by atoms with Crippen molar-refractivity contribution in [3.63, 3.8) is 0 Å². The molecule has 0 N–H and O–H groups in total.